The number of hydrogen-bond donors (Lipinski definition) is 1. The quantitative estimate of drug-likeness (QED) is 0.452. The Kier molecular flexibility index (Phi) is 6.70. The summed E-state index contributed by atoms with van der Waals surface area (Å²) in [5.74, 6) is 0.718. The van der Waals surface area contributed by atoms with Crippen LogP contribution in [0.25, 0.3) is 11.3 Å². The number of aromatic nitrogens is 1. The van der Waals surface area contributed by atoms with Crippen molar-refractivity contribution in [2.24, 2.45) is 0 Å². The first-order valence-corrected chi connectivity index (χ1v) is 10.9. The maximum absolute atomic E-state index is 12.5. The predicted molar refractivity (Wildman–Crippen MR) is 121 cm³/mol. The number of hydrogen-bond acceptors (Lipinski definition) is 4. The monoisotopic (exact) mass is 408 g/mol. The van der Waals surface area contributed by atoms with Gasteiger partial charge in [0.05, 0.1) is 12.3 Å². The molecule has 0 unspecified atom stereocenters. The second kappa shape index (κ2) is 9.23. The molecule has 1 aromatic heterocycles. The van der Waals surface area contributed by atoms with Gasteiger partial charge in [0.15, 0.2) is 5.13 Å². The molecule has 29 heavy (non-hydrogen) atoms. The lowest BCUT2D eigenvalue weighted by atomic mass is 9.87. The minimum atomic E-state index is -0.147. The Morgan fingerprint density at radius 3 is 2.38 bits per heavy atom. The molecule has 152 valence electrons. The van der Waals surface area contributed by atoms with Crippen molar-refractivity contribution in [3.63, 3.8) is 0 Å². The van der Waals surface area contributed by atoms with Gasteiger partial charge >= 0.3 is 0 Å². The molecule has 0 bridgehead atoms. The van der Waals surface area contributed by atoms with Crippen molar-refractivity contribution in [1.29, 1.82) is 0 Å². The number of carbonyl (C=O) groups excluding carboxylic acids is 1. The van der Waals surface area contributed by atoms with E-state index in [-0.39, 0.29) is 11.3 Å². The molecule has 4 nitrogen and oxygen atoms in total. The summed E-state index contributed by atoms with van der Waals surface area (Å²) in [6, 6.07) is 15.6. The highest BCUT2D eigenvalue weighted by atomic mass is 32.1. The standard InChI is InChI=1S/C24H28N2O2S/c1-5-6-15-28-20-13-9-17(10-14-20)21-16-29-23(25-21)26-22(27)18-7-11-19(12-8-18)24(2,3)4/h7-14,16H,5-6,15H2,1-4H3,(H,25,26,27). The average Bonchev–Trinajstić information content (AvgIpc) is 3.16. The van der Waals surface area contributed by atoms with Gasteiger partial charge in [-0.15, -0.1) is 11.3 Å². The minimum absolute atomic E-state index is 0.0653. The number of anilines is 1. The van der Waals surface area contributed by atoms with Crippen LogP contribution >= 0.6 is 11.3 Å². The first-order valence-electron chi connectivity index (χ1n) is 9.97. The van der Waals surface area contributed by atoms with Gasteiger partial charge in [0.25, 0.3) is 5.91 Å². The lowest BCUT2D eigenvalue weighted by Crippen LogP contribution is -2.14. The molecule has 2 aromatic carbocycles. The molecular formula is C24H28N2O2S. The Labute approximate surface area is 177 Å². The van der Waals surface area contributed by atoms with Crippen molar-refractivity contribution in [1.82, 2.24) is 4.98 Å². The summed E-state index contributed by atoms with van der Waals surface area (Å²) in [4.78, 5) is 17.1. The highest BCUT2D eigenvalue weighted by Gasteiger charge is 2.15. The van der Waals surface area contributed by atoms with Crippen LogP contribution in [-0.4, -0.2) is 17.5 Å². The maximum Gasteiger partial charge on any atom is 0.257 e. The molecule has 0 saturated carbocycles. The topological polar surface area (TPSA) is 51.2 Å². The smallest absolute Gasteiger partial charge is 0.257 e. The van der Waals surface area contributed by atoms with Crippen LogP contribution in [0, 0.1) is 0 Å². The molecule has 0 atom stereocenters. The van der Waals surface area contributed by atoms with Gasteiger partial charge in [0.1, 0.15) is 5.75 Å². The van der Waals surface area contributed by atoms with Crippen molar-refractivity contribution in [2.75, 3.05) is 11.9 Å². The van der Waals surface area contributed by atoms with Gasteiger partial charge in [-0.25, -0.2) is 4.98 Å². The summed E-state index contributed by atoms with van der Waals surface area (Å²) in [5, 5.41) is 5.44. The van der Waals surface area contributed by atoms with Crippen molar-refractivity contribution in [3.05, 3.63) is 65.0 Å². The van der Waals surface area contributed by atoms with E-state index in [1.165, 1.54) is 16.9 Å². The molecule has 3 aromatic rings. The predicted octanol–water partition coefficient (Wildman–Crippen LogP) is 6.54. The fourth-order valence-electron chi connectivity index (χ4n) is 2.81. The Morgan fingerprint density at radius 1 is 1.07 bits per heavy atom. The molecule has 0 spiro atoms. The number of rotatable bonds is 7. The van der Waals surface area contributed by atoms with Gasteiger partial charge in [-0.1, -0.05) is 46.2 Å². The molecule has 0 saturated heterocycles. The van der Waals surface area contributed by atoms with E-state index in [0.29, 0.717) is 10.7 Å². The van der Waals surface area contributed by atoms with E-state index in [1.807, 2.05) is 53.9 Å². The van der Waals surface area contributed by atoms with E-state index in [4.69, 9.17) is 4.74 Å². The number of nitrogens with zero attached hydrogens (tertiary/aromatic N) is 1. The number of benzene rings is 2. The highest BCUT2D eigenvalue weighted by molar-refractivity contribution is 7.14. The van der Waals surface area contributed by atoms with E-state index < -0.39 is 0 Å². The third kappa shape index (κ3) is 5.67. The van der Waals surface area contributed by atoms with Gasteiger partial charge in [0.2, 0.25) is 0 Å². The number of nitrogens with one attached hydrogen (secondary N) is 1. The molecule has 5 heteroatoms. The van der Waals surface area contributed by atoms with E-state index >= 15 is 0 Å². The molecule has 0 aliphatic heterocycles. The summed E-state index contributed by atoms with van der Waals surface area (Å²) in [7, 11) is 0. The van der Waals surface area contributed by atoms with Gasteiger partial charge < -0.3 is 4.74 Å². The van der Waals surface area contributed by atoms with Crippen molar-refractivity contribution < 1.29 is 9.53 Å². The molecule has 3 rings (SSSR count). The van der Waals surface area contributed by atoms with Gasteiger partial charge in [-0.2, -0.15) is 0 Å². The van der Waals surface area contributed by atoms with Gasteiger partial charge in [-0.3, -0.25) is 10.1 Å². The van der Waals surface area contributed by atoms with Crippen LogP contribution < -0.4 is 10.1 Å². The number of thiazole rings is 1. The fourth-order valence-corrected chi connectivity index (χ4v) is 3.53. The SMILES string of the molecule is CCCCOc1ccc(-c2csc(NC(=O)c3ccc(C(C)(C)C)cc3)n2)cc1. The maximum atomic E-state index is 12.5. The Balaban J connectivity index is 1.63. The Hall–Kier alpha value is -2.66. The first-order chi connectivity index (χ1) is 13.9. The van der Waals surface area contributed by atoms with E-state index in [1.54, 1.807) is 0 Å². The van der Waals surface area contributed by atoms with E-state index in [2.05, 4.69) is 38.0 Å². The molecule has 1 amide bonds. The van der Waals surface area contributed by atoms with Crippen LogP contribution in [0.1, 0.15) is 56.5 Å². The van der Waals surface area contributed by atoms with Crippen molar-refractivity contribution in [3.8, 4) is 17.0 Å². The number of ether oxygens (including phenoxy) is 1. The number of unbranched alkanes of at least 4 members (excludes halogenated alkanes) is 1. The molecule has 0 fully saturated rings. The summed E-state index contributed by atoms with van der Waals surface area (Å²) in [5.41, 5.74) is 3.74. The summed E-state index contributed by atoms with van der Waals surface area (Å²) in [6.07, 6.45) is 2.17. The van der Waals surface area contributed by atoms with E-state index in [0.717, 1.165) is 36.5 Å². The van der Waals surface area contributed by atoms with Crippen LogP contribution in [0.3, 0.4) is 0 Å². The summed E-state index contributed by atoms with van der Waals surface area (Å²) >= 11 is 1.42. The fraction of sp³-hybridized carbons (Fsp3) is 0.333. The van der Waals surface area contributed by atoms with Crippen LogP contribution in [0.5, 0.6) is 5.75 Å². The molecule has 0 aliphatic rings. The van der Waals surface area contributed by atoms with Crippen LogP contribution in [0.4, 0.5) is 5.13 Å². The van der Waals surface area contributed by atoms with E-state index in [9.17, 15) is 4.79 Å². The molecule has 1 heterocycles. The van der Waals surface area contributed by atoms with Crippen molar-refractivity contribution >= 4 is 22.4 Å². The highest BCUT2D eigenvalue weighted by Crippen LogP contribution is 2.27. The van der Waals surface area contributed by atoms with Gasteiger partial charge in [-0.05, 0) is 53.8 Å². The third-order valence-electron chi connectivity index (χ3n) is 4.65. The van der Waals surface area contributed by atoms with Crippen molar-refractivity contribution in [2.45, 2.75) is 46.0 Å². The molecule has 0 aliphatic carbocycles. The van der Waals surface area contributed by atoms with Gasteiger partial charge in [0, 0.05) is 16.5 Å². The minimum Gasteiger partial charge on any atom is -0.494 e. The zero-order chi connectivity index (χ0) is 20.9. The number of carbonyl (C=O) groups is 1. The second-order valence-corrected chi connectivity index (χ2v) is 8.90. The first kappa shape index (κ1) is 21.1. The molecular weight excluding hydrogens is 380 g/mol. The molecule has 1 N–H and O–H groups in total. The van der Waals surface area contributed by atoms with Crippen LogP contribution in [0.15, 0.2) is 53.9 Å². The summed E-state index contributed by atoms with van der Waals surface area (Å²) < 4.78 is 5.70. The average molecular weight is 409 g/mol. The van der Waals surface area contributed by atoms with Crippen LogP contribution in [-0.2, 0) is 5.41 Å². The lowest BCUT2D eigenvalue weighted by Gasteiger charge is -2.18. The number of amides is 1. The second-order valence-electron chi connectivity index (χ2n) is 8.05. The molecule has 0 radical (unpaired) electrons. The zero-order valence-corrected chi connectivity index (χ0v) is 18.3. The normalized spacial score (nSPS) is 11.3. The Morgan fingerprint density at radius 2 is 1.76 bits per heavy atom. The third-order valence-corrected chi connectivity index (χ3v) is 5.41. The Bertz CT molecular complexity index is 938. The lowest BCUT2D eigenvalue weighted by molar-refractivity contribution is 0.102. The van der Waals surface area contributed by atoms with Crippen LogP contribution in [0.2, 0.25) is 0 Å². The summed E-state index contributed by atoms with van der Waals surface area (Å²) in [6.45, 7) is 9.35. The largest absolute Gasteiger partial charge is 0.494 e. The zero-order valence-electron chi connectivity index (χ0n) is 17.5.